The molecular formula is C16H18ClN3O. The number of benzene rings is 1. The highest BCUT2D eigenvalue weighted by Gasteiger charge is 2.21. The summed E-state index contributed by atoms with van der Waals surface area (Å²) in [4.78, 5) is 4.58. The molecule has 1 aromatic heterocycles. The zero-order valence-electron chi connectivity index (χ0n) is 12.1. The topological polar surface area (TPSA) is 50.8 Å². The Morgan fingerprint density at radius 3 is 3.00 bits per heavy atom. The predicted octanol–water partition coefficient (Wildman–Crippen LogP) is 3.63. The zero-order valence-corrected chi connectivity index (χ0v) is 12.8. The number of fused-ring (bicyclic) bond motifs is 1. The van der Waals surface area contributed by atoms with Crippen molar-refractivity contribution in [2.75, 3.05) is 13.2 Å². The number of alkyl halides is 1. The van der Waals surface area contributed by atoms with Crippen LogP contribution in [0.5, 0.6) is 0 Å². The average Bonchev–Trinajstić information content (AvgIpc) is 3.23. The summed E-state index contributed by atoms with van der Waals surface area (Å²) >= 11 is 6.24. The van der Waals surface area contributed by atoms with Gasteiger partial charge in [0.05, 0.1) is 34.7 Å². The molecule has 5 heteroatoms. The summed E-state index contributed by atoms with van der Waals surface area (Å²) in [6.45, 7) is 4.12. The number of rotatable bonds is 6. The molecule has 1 unspecified atom stereocenters. The normalized spacial score (nSPS) is 16.0. The smallest absolute Gasteiger partial charge is 0.127 e. The Bertz CT molecular complexity index is 683. The molecule has 0 bridgehead atoms. The summed E-state index contributed by atoms with van der Waals surface area (Å²) in [6, 6.07) is 7.69. The molecule has 1 aliphatic carbocycles. The second-order valence-corrected chi connectivity index (χ2v) is 6.23. The summed E-state index contributed by atoms with van der Waals surface area (Å²) < 4.78 is 7.78. The van der Waals surface area contributed by atoms with Gasteiger partial charge in [-0.2, -0.15) is 5.26 Å². The first-order chi connectivity index (χ1) is 10.2. The van der Waals surface area contributed by atoms with Crippen LogP contribution in [0.1, 0.15) is 36.5 Å². The molecular weight excluding hydrogens is 286 g/mol. The van der Waals surface area contributed by atoms with Gasteiger partial charge in [-0.15, -0.1) is 11.6 Å². The van der Waals surface area contributed by atoms with Crippen LogP contribution in [0.15, 0.2) is 18.2 Å². The lowest BCUT2D eigenvalue weighted by Gasteiger charge is -2.11. The van der Waals surface area contributed by atoms with Gasteiger partial charge in [0, 0.05) is 13.2 Å². The lowest BCUT2D eigenvalue weighted by Crippen LogP contribution is -2.11. The molecule has 3 rings (SSSR count). The summed E-state index contributed by atoms with van der Waals surface area (Å²) in [7, 11) is 0. The van der Waals surface area contributed by atoms with Crippen LogP contribution in [0.3, 0.4) is 0 Å². The lowest BCUT2D eigenvalue weighted by molar-refractivity contribution is 0.117. The SMILES string of the molecule is CC(Cl)c1nc2ccc(C#N)cc2n1CCOCC1CC1. The number of aromatic nitrogens is 2. The van der Waals surface area contributed by atoms with E-state index in [1.54, 1.807) is 6.07 Å². The van der Waals surface area contributed by atoms with Gasteiger partial charge in [-0.3, -0.25) is 0 Å². The van der Waals surface area contributed by atoms with Gasteiger partial charge in [0.2, 0.25) is 0 Å². The van der Waals surface area contributed by atoms with Crippen LogP contribution >= 0.6 is 11.6 Å². The Morgan fingerprint density at radius 2 is 2.33 bits per heavy atom. The standard InChI is InChI=1S/C16H18ClN3O/c1-11(17)16-19-14-5-4-13(9-18)8-15(14)20(16)6-7-21-10-12-2-3-12/h4-5,8,11-12H,2-3,6-7,10H2,1H3. The van der Waals surface area contributed by atoms with Crippen LogP contribution < -0.4 is 0 Å². The van der Waals surface area contributed by atoms with E-state index in [0.717, 1.165) is 29.4 Å². The van der Waals surface area contributed by atoms with E-state index in [2.05, 4.69) is 15.6 Å². The minimum atomic E-state index is -0.175. The van der Waals surface area contributed by atoms with Crippen molar-refractivity contribution in [3.63, 3.8) is 0 Å². The Labute approximate surface area is 129 Å². The van der Waals surface area contributed by atoms with Gasteiger partial charge in [-0.05, 0) is 43.9 Å². The Morgan fingerprint density at radius 1 is 1.52 bits per heavy atom. The molecule has 1 atom stereocenters. The Hall–Kier alpha value is -1.57. The molecule has 110 valence electrons. The monoisotopic (exact) mass is 303 g/mol. The van der Waals surface area contributed by atoms with Gasteiger partial charge >= 0.3 is 0 Å². The predicted molar refractivity (Wildman–Crippen MR) is 82.3 cm³/mol. The van der Waals surface area contributed by atoms with Crippen LogP contribution in [0, 0.1) is 17.2 Å². The molecule has 1 aliphatic rings. The number of halogens is 1. The molecule has 1 heterocycles. The second kappa shape index (κ2) is 6.05. The maximum absolute atomic E-state index is 9.06. The average molecular weight is 304 g/mol. The van der Waals surface area contributed by atoms with Crippen LogP contribution in [-0.2, 0) is 11.3 Å². The third-order valence-corrected chi connectivity index (χ3v) is 3.97. The van der Waals surface area contributed by atoms with E-state index < -0.39 is 0 Å². The fraction of sp³-hybridized carbons (Fsp3) is 0.500. The van der Waals surface area contributed by atoms with Crippen LogP contribution in [0.2, 0.25) is 0 Å². The molecule has 1 fully saturated rings. The van der Waals surface area contributed by atoms with E-state index in [1.165, 1.54) is 12.8 Å². The molecule has 0 spiro atoms. The molecule has 0 radical (unpaired) electrons. The number of ether oxygens (including phenoxy) is 1. The first kappa shape index (κ1) is 14.4. The van der Waals surface area contributed by atoms with Gasteiger partial charge in [0.1, 0.15) is 5.82 Å². The van der Waals surface area contributed by atoms with Gasteiger partial charge < -0.3 is 9.30 Å². The summed E-state index contributed by atoms with van der Waals surface area (Å²) in [5, 5.41) is 8.88. The van der Waals surface area contributed by atoms with E-state index >= 15 is 0 Å². The Kier molecular flexibility index (Phi) is 4.14. The van der Waals surface area contributed by atoms with E-state index in [9.17, 15) is 0 Å². The quantitative estimate of drug-likeness (QED) is 0.605. The van der Waals surface area contributed by atoms with Crippen molar-refractivity contribution in [2.45, 2.75) is 31.7 Å². The lowest BCUT2D eigenvalue weighted by atomic mass is 10.2. The number of hydrogen-bond acceptors (Lipinski definition) is 3. The van der Waals surface area contributed by atoms with Crippen LogP contribution in [0.25, 0.3) is 11.0 Å². The van der Waals surface area contributed by atoms with Crippen molar-refractivity contribution in [3.8, 4) is 6.07 Å². The van der Waals surface area contributed by atoms with Gasteiger partial charge in [-0.25, -0.2) is 4.98 Å². The number of imidazole rings is 1. The molecule has 0 aliphatic heterocycles. The first-order valence-corrected chi connectivity index (χ1v) is 7.75. The van der Waals surface area contributed by atoms with Crippen molar-refractivity contribution in [1.29, 1.82) is 5.26 Å². The highest BCUT2D eigenvalue weighted by atomic mass is 35.5. The summed E-state index contributed by atoms with van der Waals surface area (Å²) in [5.74, 6) is 1.60. The van der Waals surface area contributed by atoms with E-state index in [-0.39, 0.29) is 5.38 Å². The maximum Gasteiger partial charge on any atom is 0.127 e. The summed E-state index contributed by atoms with van der Waals surface area (Å²) in [5.41, 5.74) is 2.46. The molecule has 0 N–H and O–H groups in total. The molecule has 1 saturated carbocycles. The van der Waals surface area contributed by atoms with Crippen molar-refractivity contribution in [1.82, 2.24) is 9.55 Å². The molecule has 0 amide bonds. The molecule has 4 nitrogen and oxygen atoms in total. The fourth-order valence-electron chi connectivity index (χ4n) is 2.44. The molecule has 2 aromatic rings. The third kappa shape index (κ3) is 3.20. The molecule has 0 saturated heterocycles. The van der Waals surface area contributed by atoms with E-state index in [0.29, 0.717) is 18.7 Å². The third-order valence-electron chi connectivity index (χ3n) is 3.77. The van der Waals surface area contributed by atoms with Crippen molar-refractivity contribution in [3.05, 3.63) is 29.6 Å². The highest BCUT2D eigenvalue weighted by molar-refractivity contribution is 6.20. The molecule has 21 heavy (non-hydrogen) atoms. The van der Waals surface area contributed by atoms with Gasteiger partial charge in [-0.1, -0.05) is 0 Å². The first-order valence-electron chi connectivity index (χ1n) is 7.31. The summed E-state index contributed by atoms with van der Waals surface area (Å²) in [6.07, 6.45) is 2.59. The van der Waals surface area contributed by atoms with Gasteiger partial charge in [0.15, 0.2) is 0 Å². The van der Waals surface area contributed by atoms with E-state index in [1.807, 2.05) is 19.1 Å². The number of hydrogen-bond donors (Lipinski definition) is 0. The second-order valence-electron chi connectivity index (χ2n) is 5.57. The van der Waals surface area contributed by atoms with E-state index in [4.69, 9.17) is 21.6 Å². The highest BCUT2D eigenvalue weighted by Crippen LogP contribution is 2.29. The van der Waals surface area contributed by atoms with Crippen LogP contribution in [0.4, 0.5) is 0 Å². The van der Waals surface area contributed by atoms with Crippen molar-refractivity contribution >= 4 is 22.6 Å². The van der Waals surface area contributed by atoms with Crippen molar-refractivity contribution in [2.24, 2.45) is 5.92 Å². The maximum atomic E-state index is 9.06. The number of nitrogens with zero attached hydrogens (tertiary/aromatic N) is 3. The van der Waals surface area contributed by atoms with Gasteiger partial charge in [0.25, 0.3) is 0 Å². The zero-order chi connectivity index (χ0) is 14.8. The fourth-order valence-corrected chi connectivity index (χ4v) is 2.61. The minimum absolute atomic E-state index is 0.175. The largest absolute Gasteiger partial charge is 0.379 e. The molecule has 1 aromatic carbocycles. The number of nitriles is 1. The van der Waals surface area contributed by atoms with Crippen LogP contribution in [-0.4, -0.2) is 22.8 Å². The minimum Gasteiger partial charge on any atom is -0.379 e. The van der Waals surface area contributed by atoms with Crippen molar-refractivity contribution < 1.29 is 4.74 Å². The Balaban J connectivity index is 1.84.